The fourth-order valence-corrected chi connectivity index (χ4v) is 2.35. The summed E-state index contributed by atoms with van der Waals surface area (Å²) in [7, 11) is 1.45. The highest BCUT2D eigenvalue weighted by Crippen LogP contribution is 2.26. The quantitative estimate of drug-likeness (QED) is 0.759. The minimum Gasteiger partial charge on any atom is -0.466 e. The van der Waals surface area contributed by atoms with E-state index in [9.17, 15) is 9.18 Å². The summed E-state index contributed by atoms with van der Waals surface area (Å²) in [5.41, 5.74) is 1.66. The maximum Gasteiger partial charge on any atom is 0.336 e. The van der Waals surface area contributed by atoms with Crippen LogP contribution in [0.5, 0.6) is 6.01 Å². The van der Waals surface area contributed by atoms with Gasteiger partial charge < -0.3 is 10.1 Å². The van der Waals surface area contributed by atoms with Crippen molar-refractivity contribution in [1.29, 1.82) is 0 Å². The van der Waals surface area contributed by atoms with Gasteiger partial charge in [0.2, 0.25) is 5.91 Å². The highest BCUT2D eigenvalue weighted by Gasteiger charge is 2.17. The van der Waals surface area contributed by atoms with E-state index in [0.717, 1.165) is 0 Å². The molecule has 1 amide bonds. The Kier molecular flexibility index (Phi) is 4.97. The maximum atomic E-state index is 14.2. The smallest absolute Gasteiger partial charge is 0.336 e. The summed E-state index contributed by atoms with van der Waals surface area (Å²) in [4.78, 5) is 16.0. The Hall–Kier alpha value is -3.22. The molecule has 1 aromatic heterocycles. The van der Waals surface area contributed by atoms with Gasteiger partial charge in [-0.25, -0.2) is 9.07 Å². The van der Waals surface area contributed by atoms with Crippen LogP contribution in [0.25, 0.3) is 17.1 Å². The lowest BCUT2D eigenvalue weighted by molar-refractivity contribution is -0.118. The summed E-state index contributed by atoms with van der Waals surface area (Å²) in [6, 6.07) is 13.5. The van der Waals surface area contributed by atoms with Crippen molar-refractivity contribution in [2.24, 2.45) is 5.92 Å². The van der Waals surface area contributed by atoms with E-state index in [0.29, 0.717) is 22.8 Å². The highest BCUT2D eigenvalue weighted by atomic mass is 19.1. The van der Waals surface area contributed by atoms with E-state index >= 15 is 0 Å². The predicted molar refractivity (Wildman–Crippen MR) is 96.8 cm³/mol. The molecule has 0 fully saturated rings. The van der Waals surface area contributed by atoms with E-state index in [2.05, 4.69) is 15.4 Å². The fourth-order valence-electron chi connectivity index (χ4n) is 2.35. The molecule has 3 rings (SSSR count). The van der Waals surface area contributed by atoms with E-state index in [1.165, 1.54) is 17.9 Å². The summed E-state index contributed by atoms with van der Waals surface area (Å²) in [6.45, 7) is 3.65. The van der Waals surface area contributed by atoms with Crippen LogP contribution in [-0.4, -0.2) is 27.8 Å². The van der Waals surface area contributed by atoms with Crippen LogP contribution in [-0.2, 0) is 4.79 Å². The molecule has 1 N–H and O–H groups in total. The summed E-state index contributed by atoms with van der Waals surface area (Å²) < 4.78 is 20.8. The van der Waals surface area contributed by atoms with E-state index in [4.69, 9.17) is 4.74 Å². The molecule has 0 aliphatic heterocycles. The van der Waals surface area contributed by atoms with Crippen molar-refractivity contribution in [3.05, 3.63) is 54.3 Å². The molecular formula is C19H19FN4O2. The van der Waals surface area contributed by atoms with Crippen LogP contribution in [0.4, 0.5) is 10.1 Å². The van der Waals surface area contributed by atoms with Crippen LogP contribution in [0.1, 0.15) is 13.8 Å². The molecule has 1 heterocycles. The zero-order chi connectivity index (χ0) is 18.7. The number of nitrogens with one attached hydrogen (secondary N) is 1. The third-order valence-electron chi connectivity index (χ3n) is 3.79. The Morgan fingerprint density at radius 2 is 1.85 bits per heavy atom. The number of anilines is 1. The second-order valence-corrected chi connectivity index (χ2v) is 6.00. The van der Waals surface area contributed by atoms with E-state index in [1.807, 2.05) is 13.8 Å². The summed E-state index contributed by atoms with van der Waals surface area (Å²) >= 11 is 0. The Labute approximate surface area is 150 Å². The van der Waals surface area contributed by atoms with Crippen molar-refractivity contribution in [2.75, 3.05) is 12.4 Å². The minimum atomic E-state index is -0.399. The number of aromatic nitrogens is 3. The van der Waals surface area contributed by atoms with E-state index in [-0.39, 0.29) is 17.8 Å². The first-order chi connectivity index (χ1) is 12.5. The van der Waals surface area contributed by atoms with Gasteiger partial charge in [-0.2, -0.15) is 4.98 Å². The number of halogens is 1. The zero-order valence-electron chi connectivity index (χ0n) is 14.7. The Morgan fingerprint density at radius 1 is 1.15 bits per heavy atom. The van der Waals surface area contributed by atoms with Gasteiger partial charge in [-0.3, -0.25) is 4.79 Å². The fraction of sp³-hybridized carbons (Fsp3) is 0.211. The van der Waals surface area contributed by atoms with Crippen LogP contribution < -0.4 is 10.1 Å². The molecule has 0 aliphatic carbocycles. The Bertz CT molecular complexity index is 920. The number of nitrogens with zero attached hydrogens (tertiary/aromatic N) is 3. The number of carbonyl (C=O) groups is 1. The minimum absolute atomic E-state index is 0.0628. The van der Waals surface area contributed by atoms with Crippen molar-refractivity contribution in [3.8, 4) is 23.1 Å². The molecule has 3 aromatic rings. The van der Waals surface area contributed by atoms with E-state index in [1.54, 1.807) is 42.5 Å². The number of carbonyl (C=O) groups excluding carboxylic acids is 1. The Morgan fingerprint density at radius 3 is 2.46 bits per heavy atom. The number of amides is 1. The number of rotatable bonds is 5. The molecule has 0 atom stereocenters. The lowest BCUT2D eigenvalue weighted by atomic mass is 10.2. The molecule has 6 nitrogen and oxygen atoms in total. The molecule has 0 saturated heterocycles. The monoisotopic (exact) mass is 354 g/mol. The van der Waals surface area contributed by atoms with Crippen LogP contribution >= 0.6 is 0 Å². The normalized spacial score (nSPS) is 10.8. The van der Waals surface area contributed by atoms with Crippen LogP contribution in [0, 0.1) is 11.7 Å². The third-order valence-corrected chi connectivity index (χ3v) is 3.79. The van der Waals surface area contributed by atoms with Crippen LogP contribution in [0.15, 0.2) is 48.5 Å². The van der Waals surface area contributed by atoms with Gasteiger partial charge in [0, 0.05) is 11.6 Å². The average molecular weight is 354 g/mol. The van der Waals surface area contributed by atoms with Gasteiger partial charge in [-0.05, 0) is 36.4 Å². The molecule has 0 saturated carbocycles. The second kappa shape index (κ2) is 7.35. The van der Waals surface area contributed by atoms with Gasteiger partial charge in [0.05, 0.1) is 18.4 Å². The number of ether oxygens (including phenoxy) is 1. The lowest BCUT2D eigenvalue weighted by Gasteiger charge is -2.10. The van der Waals surface area contributed by atoms with Crippen molar-refractivity contribution in [3.63, 3.8) is 0 Å². The predicted octanol–water partition coefficient (Wildman–Crippen LogP) is 3.68. The number of benzene rings is 2. The summed E-state index contributed by atoms with van der Waals surface area (Å²) in [5.74, 6) is -0.238. The first kappa shape index (κ1) is 17.6. The number of hydrogen-bond acceptors (Lipinski definition) is 4. The van der Waals surface area contributed by atoms with Crippen molar-refractivity contribution in [2.45, 2.75) is 13.8 Å². The first-order valence-electron chi connectivity index (χ1n) is 8.17. The van der Waals surface area contributed by atoms with Gasteiger partial charge in [-0.15, -0.1) is 5.10 Å². The molecule has 0 bridgehead atoms. The van der Waals surface area contributed by atoms with Crippen molar-refractivity contribution < 1.29 is 13.9 Å². The number of methoxy groups -OCH3 is 1. The van der Waals surface area contributed by atoms with Crippen molar-refractivity contribution >= 4 is 11.6 Å². The average Bonchev–Trinajstić information content (AvgIpc) is 3.07. The molecule has 0 unspecified atom stereocenters. The Balaban J connectivity index is 1.98. The molecular weight excluding hydrogens is 335 g/mol. The van der Waals surface area contributed by atoms with Crippen molar-refractivity contribution in [1.82, 2.24) is 14.8 Å². The molecule has 7 heteroatoms. The molecule has 26 heavy (non-hydrogen) atoms. The molecule has 0 spiro atoms. The van der Waals surface area contributed by atoms with Gasteiger partial charge in [0.15, 0.2) is 5.82 Å². The van der Waals surface area contributed by atoms with Crippen LogP contribution in [0.2, 0.25) is 0 Å². The van der Waals surface area contributed by atoms with E-state index < -0.39 is 5.82 Å². The molecule has 0 radical (unpaired) electrons. The summed E-state index contributed by atoms with van der Waals surface area (Å²) in [5, 5.41) is 7.09. The largest absolute Gasteiger partial charge is 0.466 e. The zero-order valence-corrected chi connectivity index (χ0v) is 14.7. The van der Waals surface area contributed by atoms with Gasteiger partial charge in [0.25, 0.3) is 0 Å². The first-order valence-corrected chi connectivity index (χ1v) is 8.17. The van der Waals surface area contributed by atoms with Gasteiger partial charge >= 0.3 is 6.01 Å². The highest BCUT2D eigenvalue weighted by molar-refractivity contribution is 5.92. The SMILES string of the molecule is COc1nc(-c2ccccc2F)n(-c2ccc(NC(=O)C(C)C)cc2)n1. The lowest BCUT2D eigenvalue weighted by Crippen LogP contribution is -2.17. The van der Waals surface area contributed by atoms with Gasteiger partial charge in [-0.1, -0.05) is 26.0 Å². The molecule has 134 valence electrons. The standard InChI is InChI=1S/C19H19FN4O2/c1-12(2)18(25)21-13-8-10-14(11-9-13)24-17(22-19(23-24)26-3)15-6-4-5-7-16(15)20/h4-12H,1-3H3,(H,21,25). The number of hydrogen-bond donors (Lipinski definition) is 1. The molecule has 0 aliphatic rings. The molecule has 2 aromatic carbocycles. The van der Waals surface area contributed by atoms with Crippen LogP contribution in [0.3, 0.4) is 0 Å². The maximum absolute atomic E-state index is 14.2. The third kappa shape index (κ3) is 3.56. The van der Waals surface area contributed by atoms with Gasteiger partial charge in [0.1, 0.15) is 5.82 Å². The topological polar surface area (TPSA) is 69.0 Å². The summed E-state index contributed by atoms with van der Waals surface area (Å²) in [6.07, 6.45) is 0. The second-order valence-electron chi connectivity index (χ2n) is 6.00.